The SMILES string of the molecule is CC=CC1CCC(C=CC2CCC(C3CCC(CCCCCC)CC3)CC2)CC1. The molecule has 0 nitrogen and oxygen atoms in total. The third-order valence-electron chi connectivity index (χ3n) is 8.78. The van der Waals surface area contributed by atoms with Gasteiger partial charge >= 0.3 is 0 Å². The van der Waals surface area contributed by atoms with Gasteiger partial charge in [0.15, 0.2) is 0 Å². The summed E-state index contributed by atoms with van der Waals surface area (Å²) in [7, 11) is 0. The van der Waals surface area contributed by atoms with Crippen LogP contribution < -0.4 is 0 Å². The first kappa shape index (κ1) is 23.1. The Labute approximate surface area is 183 Å². The Bertz CT molecular complexity index is 462. The summed E-state index contributed by atoms with van der Waals surface area (Å²) in [5, 5.41) is 0. The highest BCUT2D eigenvalue weighted by Crippen LogP contribution is 2.43. The third kappa shape index (κ3) is 7.91. The molecule has 3 rings (SSSR count). The van der Waals surface area contributed by atoms with E-state index < -0.39 is 0 Å². The van der Waals surface area contributed by atoms with Crippen molar-refractivity contribution in [2.45, 2.75) is 123 Å². The van der Waals surface area contributed by atoms with Gasteiger partial charge in [-0.3, -0.25) is 0 Å². The Balaban J connectivity index is 1.29. The summed E-state index contributed by atoms with van der Waals surface area (Å²) < 4.78 is 0. The predicted octanol–water partition coefficient (Wildman–Crippen LogP) is 9.51. The lowest BCUT2D eigenvalue weighted by Gasteiger charge is -2.37. The van der Waals surface area contributed by atoms with E-state index in [4.69, 9.17) is 0 Å². The zero-order chi connectivity index (χ0) is 20.3. The largest absolute Gasteiger partial charge is 0.0914 e. The van der Waals surface area contributed by atoms with E-state index in [1.165, 1.54) is 83.5 Å². The van der Waals surface area contributed by atoms with E-state index in [0.29, 0.717) is 0 Å². The number of rotatable bonds is 9. The molecule has 3 aliphatic carbocycles. The van der Waals surface area contributed by atoms with Gasteiger partial charge in [0.1, 0.15) is 0 Å². The van der Waals surface area contributed by atoms with Crippen LogP contribution in [0.25, 0.3) is 0 Å². The van der Waals surface area contributed by atoms with Gasteiger partial charge in [-0.25, -0.2) is 0 Å². The molecule has 0 amide bonds. The summed E-state index contributed by atoms with van der Waals surface area (Å²) >= 11 is 0. The summed E-state index contributed by atoms with van der Waals surface area (Å²) in [6.07, 6.45) is 35.1. The third-order valence-corrected chi connectivity index (χ3v) is 8.78. The van der Waals surface area contributed by atoms with E-state index in [1.807, 2.05) is 0 Å². The fraction of sp³-hybridized carbons (Fsp3) is 0.862. The highest BCUT2D eigenvalue weighted by molar-refractivity contribution is 4.98. The molecule has 0 aromatic carbocycles. The van der Waals surface area contributed by atoms with Crippen LogP contribution in [0.2, 0.25) is 0 Å². The fourth-order valence-electron chi connectivity index (χ4n) is 6.73. The van der Waals surface area contributed by atoms with Gasteiger partial charge in [0.05, 0.1) is 0 Å². The van der Waals surface area contributed by atoms with Crippen LogP contribution >= 0.6 is 0 Å². The van der Waals surface area contributed by atoms with Crippen molar-refractivity contribution >= 4 is 0 Å². The van der Waals surface area contributed by atoms with Crippen LogP contribution in [-0.4, -0.2) is 0 Å². The van der Waals surface area contributed by atoms with Gasteiger partial charge in [-0.05, 0) is 107 Å². The maximum atomic E-state index is 2.64. The average Bonchev–Trinajstić information content (AvgIpc) is 2.77. The molecule has 0 aromatic heterocycles. The second-order valence-electron chi connectivity index (χ2n) is 10.9. The summed E-state index contributed by atoms with van der Waals surface area (Å²) in [5.41, 5.74) is 0. The van der Waals surface area contributed by atoms with E-state index in [1.54, 1.807) is 25.7 Å². The first-order chi connectivity index (χ1) is 14.3. The van der Waals surface area contributed by atoms with E-state index in [2.05, 4.69) is 38.2 Å². The Morgan fingerprint density at radius 1 is 0.552 bits per heavy atom. The monoisotopic (exact) mass is 398 g/mol. The van der Waals surface area contributed by atoms with Gasteiger partial charge in [-0.1, -0.05) is 76.2 Å². The number of hydrogen-bond acceptors (Lipinski definition) is 0. The molecule has 0 N–H and O–H groups in total. The molecular weight excluding hydrogens is 348 g/mol. The number of hydrogen-bond donors (Lipinski definition) is 0. The Hall–Kier alpha value is -0.520. The molecule has 0 atom stereocenters. The molecule has 0 radical (unpaired) electrons. The number of allylic oxidation sites excluding steroid dienone is 4. The van der Waals surface area contributed by atoms with Gasteiger partial charge in [-0.2, -0.15) is 0 Å². The predicted molar refractivity (Wildman–Crippen MR) is 129 cm³/mol. The van der Waals surface area contributed by atoms with E-state index >= 15 is 0 Å². The molecule has 0 saturated heterocycles. The van der Waals surface area contributed by atoms with Gasteiger partial charge in [-0.15, -0.1) is 0 Å². The molecule has 0 spiro atoms. The molecule has 0 aromatic rings. The molecule has 166 valence electrons. The van der Waals surface area contributed by atoms with Gasteiger partial charge in [0.25, 0.3) is 0 Å². The second kappa shape index (κ2) is 13.0. The van der Waals surface area contributed by atoms with Crippen LogP contribution in [0, 0.1) is 35.5 Å². The molecule has 3 fully saturated rings. The highest BCUT2D eigenvalue weighted by atomic mass is 14.4. The molecule has 3 saturated carbocycles. The van der Waals surface area contributed by atoms with Crippen LogP contribution in [0.5, 0.6) is 0 Å². The van der Waals surface area contributed by atoms with Crippen LogP contribution in [-0.2, 0) is 0 Å². The van der Waals surface area contributed by atoms with E-state index in [9.17, 15) is 0 Å². The summed E-state index contributed by atoms with van der Waals surface area (Å²) in [4.78, 5) is 0. The minimum Gasteiger partial charge on any atom is -0.0914 e. The molecule has 0 bridgehead atoms. The second-order valence-corrected chi connectivity index (χ2v) is 10.9. The quantitative estimate of drug-likeness (QED) is 0.268. The van der Waals surface area contributed by atoms with E-state index in [0.717, 1.165) is 35.5 Å². The maximum Gasteiger partial charge on any atom is -0.0233 e. The minimum absolute atomic E-state index is 0.867. The van der Waals surface area contributed by atoms with Crippen molar-refractivity contribution in [1.29, 1.82) is 0 Å². The van der Waals surface area contributed by atoms with Crippen molar-refractivity contribution in [3.63, 3.8) is 0 Å². The lowest BCUT2D eigenvalue weighted by atomic mass is 9.68. The van der Waals surface area contributed by atoms with Crippen molar-refractivity contribution in [2.24, 2.45) is 35.5 Å². The molecule has 29 heavy (non-hydrogen) atoms. The van der Waals surface area contributed by atoms with Gasteiger partial charge in [0, 0.05) is 0 Å². The van der Waals surface area contributed by atoms with Crippen LogP contribution in [0.3, 0.4) is 0 Å². The van der Waals surface area contributed by atoms with E-state index in [-0.39, 0.29) is 0 Å². The Morgan fingerprint density at radius 3 is 1.55 bits per heavy atom. The molecule has 0 aliphatic heterocycles. The Morgan fingerprint density at radius 2 is 1.03 bits per heavy atom. The van der Waals surface area contributed by atoms with Crippen molar-refractivity contribution in [2.75, 3.05) is 0 Å². The smallest absolute Gasteiger partial charge is 0.0233 e. The highest BCUT2D eigenvalue weighted by Gasteiger charge is 2.30. The molecule has 0 heteroatoms. The molecule has 3 aliphatic rings. The first-order valence-corrected chi connectivity index (χ1v) is 13.6. The lowest BCUT2D eigenvalue weighted by Crippen LogP contribution is -2.25. The summed E-state index contributed by atoms with van der Waals surface area (Å²) in [6, 6.07) is 0. The van der Waals surface area contributed by atoms with Crippen LogP contribution in [0.1, 0.15) is 123 Å². The van der Waals surface area contributed by atoms with Crippen LogP contribution in [0.4, 0.5) is 0 Å². The topological polar surface area (TPSA) is 0 Å². The fourth-order valence-corrected chi connectivity index (χ4v) is 6.73. The van der Waals surface area contributed by atoms with Crippen molar-refractivity contribution in [1.82, 2.24) is 0 Å². The zero-order valence-electron chi connectivity index (χ0n) is 19.8. The lowest BCUT2D eigenvalue weighted by molar-refractivity contribution is 0.151. The first-order valence-electron chi connectivity index (χ1n) is 13.6. The zero-order valence-corrected chi connectivity index (χ0v) is 19.8. The summed E-state index contributed by atoms with van der Waals surface area (Å²) in [5.74, 6) is 5.86. The van der Waals surface area contributed by atoms with Crippen molar-refractivity contribution in [3.05, 3.63) is 24.3 Å². The van der Waals surface area contributed by atoms with Crippen molar-refractivity contribution in [3.8, 4) is 0 Å². The van der Waals surface area contributed by atoms with Gasteiger partial charge in [0.2, 0.25) is 0 Å². The van der Waals surface area contributed by atoms with Gasteiger partial charge < -0.3 is 0 Å². The minimum atomic E-state index is 0.867. The maximum absolute atomic E-state index is 2.64. The molecule has 0 heterocycles. The number of unbranched alkanes of at least 4 members (excludes halogenated alkanes) is 3. The standard InChI is InChI=1S/C29H50/c1-3-5-6-7-9-25-16-20-28(21-17-25)29-22-18-27(19-23-29)15-14-26-12-10-24(8-4-2)11-13-26/h4,8,14-15,24-29H,3,5-7,9-13,16-23H2,1-2H3. The molecule has 0 unspecified atom stereocenters. The Kier molecular flexibility index (Phi) is 10.4. The summed E-state index contributed by atoms with van der Waals surface area (Å²) in [6.45, 7) is 4.49. The molecular formula is C29H50. The average molecular weight is 399 g/mol. The normalized spacial score (nSPS) is 36.8. The van der Waals surface area contributed by atoms with Crippen molar-refractivity contribution < 1.29 is 0 Å². The van der Waals surface area contributed by atoms with Crippen LogP contribution in [0.15, 0.2) is 24.3 Å².